The Bertz CT molecular complexity index is 474. The van der Waals surface area contributed by atoms with Crippen LogP contribution in [0, 0.1) is 0 Å². The van der Waals surface area contributed by atoms with Crippen molar-refractivity contribution >= 4 is 23.1 Å². The normalized spacial score (nSPS) is 14.9. The molecule has 1 aliphatic rings. The molecule has 1 heterocycles. The van der Waals surface area contributed by atoms with Crippen molar-refractivity contribution in [3.05, 3.63) is 28.2 Å². The van der Waals surface area contributed by atoms with Gasteiger partial charge in [0, 0.05) is 17.4 Å². The minimum Gasteiger partial charge on any atom is -0.463 e. The van der Waals surface area contributed by atoms with Crippen molar-refractivity contribution in [2.75, 3.05) is 6.61 Å². The van der Waals surface area contributed by atoms with E-state index in [0.29, 0.717) is 12.5 Å². The summed E-state index contributed by atoms with van der Waals surface area (Å²) < 4.78 is 4.70. The van der Waals surface area contributed by atoms with Gasteiger partial charge in [-0.3, -0.25) is 4.79 Å². The molecule has 0 unspecified atom stereocenters. The molecule has 0 amide bonds. The molecule has 1 saturated carbocycles. The molecule has 0 N–H and O–H groups in total. The number of rotatable bonds is 6. The SMILES string of the molecule is CCOC(=O)/C=C/C(=O)Cc1nc(C2CC2)cs1. The van der Waals surface area contributed by atoms with Crippen molar-refractivity contribution in [2.45, 2.75) is 32.1 Å². The maximum atomic E-state index is 11.6. The smallest absolute Gasteiger partial charge is 0.330 e. The number of ketones is 1. The zero-order valence-corrected chi connectivity index (χ0v) is 11.0. The highest BCUT2D eigenvalue weighted by Gasteiger charge is 2.26. The van der Waals surface area contributed by atoms with E-state index < -0.39 is 5.97 Å². The van der Waals surface area contributed by atoms with Gasteiger partial charge in [-0.15, -0.1) is 11.3 Å². The summed E-state index contributed by atoms with van der Waals surface area (Å²) in [5.74, 6) is 0.00332. The van der Waals surface area contributed by atoms with Gasteiger partial charge in [0.15, 0.2) is 5.78 Å². The van der Waals surface area contributed by atoms with E-state index in [1.54, 1.807) is 6.92 Å². The largest absolute Gasteiger partial charge is 0.463 e. The van der Waals surface area contributed by atoms with E-state index in [9.17, 15) is 9.59 Å². The highest BCUT2D eigenvalue weighted by Crippen LogP contribution is 2.40. The van der Waals surface area contributed by atoms with Gasteiger partial charge in [-0.05, 0) is 25.8 Å². The predicted octanol–water partition coefficient (Wildman–Crippen LogP) is 2.25. The molecule has 0 saturated heterocycles. The maximum Gasteiger partial charge on any atom is 0.330 e. The third-order valence-corrected chi connectivity index (χ3v) is 3.45. The van der Waals surface area contributed by atoms with Crippen molar-refractivity contribution in [1.82, 2.24) is 4.98 Å². The topological polar surface area (TPSA) is 56.3 Å². The van der Waals surface area contributed by atoms with Crippen LogP contribution >= 0.6 is 11.3 Å². The van der Waals surface area contributed by atoms with Gasteiger partial charge in [0.2, 0.25) is 0 Å². The molecule has 4 nitrogen and oxygen atoms in total. The van der Waals surface area contributed by atoms with E-state index in [4.69, 9.17) is 4.74 Å². The first-order valence-corrected chi connectivity index (χ1v) is 6.89. The van der Waals surface area contributed by atoms with Crippen molar-refractivity contribution in [2.24, 2.45) is 0 Å². The van der Waals surface area contributed by atoms with Crippen LogP contribution in [0.3, 0.4) is 0 Å². The van der Waals surface area contributed by atoms with Gasteiger partial charge in [-0.2, -0.15) is 0 Å². The summed E-state index contributed by atoms with van der Waals surface area (Å²) in [6.07, 6.45) is 5.10. The summed E-state index contributed by atoms with van der Waals surface area (Å²) in [5, 5.41) is 2.84. The number of thiazole rings is 1. The zero-order valence-electron chi connectivity index (χ0n) is 10.2. The van der Waals surface area contributed by atoms with E-state index in [1.807, 2.05) is 5.38 Å². The number of esters is 1. The number of hydrogen-bond acceptors (Lipinski definition) is 5. The number of nitrogens with zero attached hydrogens (tertiary/aromatic N) is 1. The molecule has 18 heavy (non-hydrogen) atoms. The number of allylic oxidation sites excluding steroid dienone is 1. The van der Waals surface area contributed by atoms with Crippen LogP contribution in [0.25, 0.3) is 0 Å². The lowest BCUT2D eigenvalue weighted by molar-refractivity contribution is -0.137. The number of carbonyl (C=O) groups is 2. The summed E-state index contributed by atoms with van der Waals surface area (Å²) in [5.41, 5.74) is 1.11. The van der Waals surface area contributed by atoms with Gasteiger partial charge in [0.25, 0.3) is 0 Å². The highest BCUT2D eigenvalue weighted by atomic mass is 32.1. The summed E-state index contributed by atoms with van der Waals surface area (Å²) in [4.78, 5) is 27.0. The monoisotopic (exact) mass is 265 g/mol. The minimum atomic E-state index is -0.483. The van der Waals surface area contributed by atoms with Crippen LogP contribution in [-0.4, -0.2) is 23.3 Å². The number of aromatic nitrogens is 1. The first kappa shape index (κ1) is 13.0. The Labute approximate surface area is 110 Å². The van der Waals surface area contributed by atoms with Crippen molar-refractivity contribution in [3.63, 3.8) is 0 Å². The molecular weight excluding hydrogens is 250 g/mol. The fourth-order valence-electron chi connectivity index (χ4n) is 1.53. The Morgan fingerprint density at radius 3 is 2.94 bits per heavy atom. The minimum absolute atomic E-state index is 0.125. The van der Waals surface area contributed by atoms with Crippen LogP contribution in [-0.2, 0) is 20.7 Å². The highest BCUT2D eigenvalue weighted by molar-refractivity contribution is 7.09. The second kappa shape index (κ2) is 5.91. The Hall–Kier alpha value is -1.49. The van der Waals surface area contributed by atoms with E-state index in [-0.39, 0.29) is 12.2 Å². The Morgan fingerprint density at radius 1 is 1.50 bits per heavy atom. The number of carbonyl (C=O) groups excluding carboxylic acids is 2. The summed E-state index contributed by atoms with van der Waals surface area (Å²) in [6, 6.07) is 0. The molecular formula is C13H15NO3S. The summed E-state index contributed by atoms with van der Waals surface area (Å²) >= 11 is 1.51. The second-order valence-electron chi connectivity index (χ2n) is 4.17. The van der Waals surface area contributed by atoms with Gasteiger partial charge in [0.05, 0.1) is 18.7 Å². The van der Waals surface area contributed by atoms with Crippen LogP contribution in [0.2, 0.25) is 0 Å². The van der Waals surface area contributed by atoms with E-state index in [0.717, 1.165) is 10.7 Å². The van der Waals surface area contributed by atoms with E-state index in [2.05, 4.69) is 4.98 Å². The molecule has 0 aliphatic heterocycles. The standard InChI is InChI=1S/C13H15NO3S/c1-2-17-13(16)6-5-10(15)7-12-14-11(8-18-12)9-3-4-9/h5-6,8-9H,2-4,7H2,1H3/b6-5+. The maximum absolute atomic E-state index is 11.6. The molecule has 5 heteroatoms. The molecule has 0 spiro atoms. The summed E-state index contributed by atoms with van der Waals surface area (Å²) in [7, 11) is 0. The first-order valence-electron chi connectivity index (χ1n) is 6.01. The van der Waals surface area contributed by atoms with Crippen LogP contribution < -0.4 is 0 Å². The Balaban J connectivity index is 1.84. The van der Waals surface area contributed by atoms with E-state index >= 15 is 0 Å². The molecule has 0 bridgehead atoms. The van der Waals surface area contributed by atoms with Crippen LogP contribution in [0.15, 0.2) is 17.5 Å². The quantitative estimate of drug-likeness (QED) is 0.584. The van der Waals surface area contributed by atoms with Crippen LogP contribution in [0.1, 0.15) is 36.4 Å². The van der Waals surface area contributed by atoms with Gasteiger partial charge < -0.3 is 4.74 Å². The molecule has 1 fully saturated rings. The molecule has 0 atom stereocenters. The van der Waals surface area contributed by atoms with Gasteiger partial charge in [-0.25, -0.2) is 9.78 Å². The zero-order chi connectivity index (χ0) is 13.0. The fourth-order valence-corrected chi connectivity index (χ4v) is 2.42. The van der Waals surface area contributed by atoms with Crippen LogP contribution in [0.5, 0.6) is 0 Å². The molecule has 2 rings (SSSR count). The predicted molar refractivity (Wildman–Crippen MR) is 68.6 cm³/mol. The second-order valence-corrected chi connectivity index (χ2v) is 5.11. The lowest BCUT2D eigenvalue weighted by atomic mass is 10.2. The van der Waals surface area contributed by atoms with Crippen molar-refractivity contribution in [1.29, 1.82) is 0 Å². The lowest BCUT2D eigenvalue weighted by Crippen LogP contribution is -2.03. The van der Waals surface area contributed by atoms with Crippen molar-refractivity contribution < 1.29 is 14.3 Å². The Kier molecular flexibility index (Phi) is 4.25. The third-order valence-electron chi connectivity index (χ3n) is 2.58. The molecule has 96 valence electrons. The third kappa shape index (κ3) is 3.77. The Morgan fingerprint density at radius 2 is 2.28 bits per heavy atom. The van der Waals surface area contributed by atoms with Gasteiger partial charge >= 0.3 is 5.97 Å². The molecule has 1 aliphatic carbocycles. The average molecular weight is 265 g/mol. The molecule has 1 aromatic rings. The molecule has 0 aromatic carbocycles. The molecule has 1 aromatic heterocycles. The first-order chi connectivity index (χ1) is 8.69. The van der Waals surface area contributed by atoms with Gasteiger partial charge in [-0.1, -0.05) is 0 Å². The number of ether oxygens (including phenoxy) is 1. The van der Waals surface area contributed by atoms with Crippen molar-refractivity contribution in [3.8, 4) is 0 Å². The van der Waals surface area contributed by atoms with Gasteiger partial charge in [0.1, 0.15) is 5.01 Å². The number of hydrogen-bond donors (Lipinski definition) is 0. The summed E-state index contributed by atoms with van der Waals surface area (Å²) in [6.45, 7) is 2.04. The van der Waals surface area contributed by atoms with Crippen LogP contribution in [0.4, 0.5) is 0 Å². The van der Waals surface area contributed by atoms with E-state index in [1.165, 1.54) is 36.3 Å². The fraction of sp³-hybridized carbons (Fsp3) is 0.462. The molecule has 0 radical (unpaired) electrons. The average Bonchev–Trinajstić information content (AvgIpc) is 3.09. The lowest BCUT2D eigenvalue weighted by Gasteiger charge is -1.94.